The number of hydrogen-bond acceptors (Lipinski definition) is 4. The van der Waals surface area contributed by atoms with Crippen molar-refractivity contribution in [2.24, 2.45) is 0 Å². The lowest BCUT2D eigenvalue weighted by atomic mass is 10.2. The molecule has 1 aliphatic heterocycles. The van der Waals surface area contributed by atoms with Gasteiger partial charge in [0.05, 0.1) is 25.7 Å². The molecular weight excluding hydrogens is 492 g/mol. The highest BCUT2D eigenvalue weighted by atomic mass is 35.5. The summed E-state index contributed by atoms with van der Waals surface area (Å²) in [5.41, 5.74) is 1.15. The Hall–Kier alpha value is -1.47. The van der Waals surface area contributed by atoms with Gasteiger partial charge in [0.1, 0.15) is 11.5 Å². The lowest BCUT2D eigenvalue weighted by molar-refractivity contribution is -0.113. The molecule has 0 spiro atoms. The van der Waals surface area contributed by atoms with E-state index in [2.05, 4.69) is 0 Å². The molecule has 3 aromatic rings. The molecule has 1 saturated heterocycles. The number of anilines is 1. The number of thiocarbonyl (C=S) groups is 1. The maximum absolute atomic E-state index is 12.9. The third-order valence-electron chi connectivity index (χ3n) is 4.06. The predicted octanol–water partition coefficient (Wildman–Crippen LogP) is 7.97. The molecule has 1 aliphatic rings. The summed E-state index contributed by atoms with van der Waals surface area (Å²) in [5.74, 6) is 0.738. The first-order chi connectivity index (χ1) is 13.8. The minimum absolute atomic E-state index is 0.289. The van der Waals surface area contributed by atoms with Gasteiger partial charge in [0.15, 0.2) is 4.32 Å². The molecule has 0 radical (unpaired) electrons. The number of hydrogen-bond donors (Lipinski definition) is 0. The van der Waals surface area contributed by atoms with Crippen LogP contribution in [0, 0.1) is 0 Å². The summed E-state index contributed by atoms with van der Waals surface area (Å²) in [5, 5.41) is 1.65. The van der Waals surface area contributed by atoms with Gasteiger partial charge in [-0.15, -0.1) is 0 Å². The Morgan fingerprint density at radius 2 is 1.79 bits per heavy atom. The van der Waals surface area contributed by atoms with Crippen LogP contribution in [0.4, 0.5) is 5.69 Å². The van der Waals surface area contributed by atoms with Crippen LogP contribution in [0.5, 0.6) is 0 Å². The molecule has 29 heavy (non-hydrogen) atoms. The van der Waals surface area contributed by atoms with Gasteiger partial charge < -0.3 is 4.42 Å². The van der Waals surface area contributed by atoms with Gasteiger partial charge in [0.2, 0.25) is 0 Å². The minimum atomic E-state index is -0.289. The standard InChI is InChI=1S/C20H9Cl4NO2S2/c21-10-4-6-15(14(23)8-10)25-19(26)17(29-20(25)28)9-11-5-7-16(27-11)12-2-1-3-13(22)18(12)24/h1-9H/b17-9-. The van der Waals surface area contributed by atoms with Gasteiger partial charge in [0, 0.05) is 16.7 Å². The van der Waals surface area contributed by atoms with Crippen molar-refractivity contribution in [3.05, 3.63) is 79.3 Å². The number of rotatable bonds is 3. The molecule has 2 heterocycles. The zero-order chi connectivity index (χ0) is 20.7. The number of furan rings is 1. The van der Waals surface area contributed by atoms with E-state index in [-0.39, 0.29) is 5.91 Å². The molecular formula is C20H9Cl4NO2S2. The lowest BCUT2D eigenvalue weighted by Gasteiger charge is -2.16. The van der Waals surface area contributed by atoms with Gasteiger partial charge in [-0.25, -0.2) is 0 Å². The maximum atomic E-state index is 12.9. The SMILES string of the molecule is O=C1/C(=C/c2ccc(-c3cccc(Cl)c3Cl)o2)SC(=S)N1c1ccc(Cl)cc1Cl. The van der Waals surface area contributed by atoms with Gasteiger partial charge in [-0.1, -0.05) is 76.4 Å². The second kappa shape index (κ2) is 8.34. The van der Waals surface area contributed by atoms with E-state index in [1.807, 2.05) is 0 Å². The van der Waals surface area contributed by atoms with Crippen LogP contribution in [0.15, 0.2) is 57.9 Å². The molecule has 3 nitrogen and oxygen atoms in total. The summed E-state index contributed by atoms with van der Waals surface area (Å²) in [7, 11) is 0. The Labute approximate surface area is 196 Å². The monoisotopic (exact) mass is 499 g/mol. The number of carbonyl (C=O) groups is 1. The average Bonchev–Trinajstić information content (AvgIpc) is 3.23. The average molecular weight is 501 g/mol. The van der Waals surface area contributed by atoms with E-state index in [9.17, 15) is 4.79 Å². The Bertz CT molecular complexity index is 1190. The molecule has 0 bridgehead atoms. The predicted molar refractivity (Wildman–Crippen MR) is 126 cm³/mol. The van der Waals surface area contributed by atoms with Crippen molar-refractivity contribution in [1.29, 1.82) is 0 Å². The number of benzene rings is 2. The molecule has 2 aromatic carbocycles. The molecule has 0 unspecified atom stereocenters. The molecule has 0 saturated carbocycles. The van der Waals surface area contributed by atoms with Crippen molar-refractivity contribution < 1.29 is 9.21 Å². The van der Waals surface area contributed by atoms with Crippen LogP contribution in [-0.2, 0) is 4.79 Å². The molecule has 1 amide bonds. The Morgan fingerprint density at radius 1 is 1.00 bits per heavy atom. The minimum Gasteiger partial charge on any atom is -0.457 e. The molecule has 0 aliphatic carbocycles. The Kier molecular flexibility index (Phi) is 5.98. The van der Waals surface area contributed by atoms with Crippen LogP contribution in [0.3, 0.4) is 0 Å². The molecule has 1 fully saturated rings. The van der Waals surface area contributed by atoms with Crippen LogP contribution >= 0.6 is 70.4 Å². The van der Waals surface area contributed by atoms with Crippen LogP contribution in [0.2, 0.25) is 20.1 Å². The van der Waals surface area contributed by atoms with Crippen LogP contribution in [0.25, 0.3) is 17.4 Å². The largest absolute Gasteiger partial charge is 0.457 e. The maximum Gasteiger partial charge on any atom is 0.270 e. The summed E-state index contributed by atoms with van der Waals surface area (Å²) < 4.78 is 6.21. The number of halogens is 4. The molecule has 9 heteroatoms. The molecule has 146 valence electrons. The number of nitrogens with zero attached hydrogens (tertiary/aromatic N) is 1. The van der Waals surface area contributed by atoms with E-state index in [0.29, 0.717) is 52.1 Å². The van der Waals surface area contributed by atoms with Crippen molar-refractivity contribution in [2.45, 2.75) is 0 Å². The second-order valence-corrected chi connectivity index (χ2v) is 9.22. The van der Waals surface area contributed by atoms with E-state index >= 15 is 0 Å². The fourth-order valence-corrected chi connectivity index (χ4v) is 4.89. The number of amides is 1. The molecule has 1 aromatic heterocycles. The second-order valence-electron chi connectivity index (χ2n) is 5.92. The van der Waals surface area contributed by atoms with Crippen LogP contribution < -0.4 is 4.90 Å². The first-order valence-corrected chi connectivity index (χ1v) is 10.9. The van der Waals surface area contributed by atoms with Crippen molar-refractivity contribution in [1.82, 2.24) is 0 Å². The van der Waals surface area contributed by atoms with E-state index in [0.717, 1.165) is 0 Å². The smallest absolute Gasteiger partial charge is 0.270 e. The van der Waals surface area contributed by atoms with Gasteiger partial charge in [-0.3, -0.25) is 9.69 Å². The molecule has 0 N–H and O–H groups in total. The van der Waals surface area contributed by atoms with Crippen LogP contribution in [0.1, 0.15) is 5.76 Å². The fraction of sp³-hybridized carbons (Fsp3) is 0. The molecule has 4 rings (SSSR count). The fourth-order valence-electron chi connectivity index (χ4n) is 2.74. The van der Waals surface area contributed by atoms with Crippen molar-refractivity contribution in [3.8, 4) is 11.3 Å². The Morgan fingerprint density at radius 3 is 2.55 bits per heavy atom. The first kappa shape index (κ1) is 20.8. The van der Waals surface area contributed by atoms with Crippen LogP contribution in [-0.4, -0.2) is 10.2 Å². The van der Waals surface area contributed by atoms with E-state index in [4.69, 9.17) is 63.0 Å². The highest BCUT2D eigenvalue weighted by Crippen LogP contribution is 2.40. The van der Waals surface area contributed by atoms with Gasteiger partial charge in [-0.05, 0) is 42.5 Å². The highest BCUT2D eigenvalue weighted by Gasteiger charge is 2.34. The van der Waals surface area contributed by atoms with E-state index in [1.165, 1.54) is 16.7 Å². The summed E-state index contributed by atoms with van der Waals surface area (Å²) in [6.45, 7) is 0. The van der Waals surface area contributed by atoms with Gasteiger partial charge in [0.25, 0.3) is 5.91 Å². The van der Waals surface area contributed by atoms with Crippen molar-refractivity contribution in [3.63, 3.8) is 0 Å². The summed E-state index contributed by atoms with van der Waals surface area (Å²) in [4.78, 5) is 14.7. The first-order valence-electron chi connectivity index (χ1n) is 8.12. The summed E-state index contributed by atoms with van der Waals surface area (Å²) in [6, 6.07) is 13.7. The Balaban J connectivity index is 1.64. The highest BCUT2D eigenvalue weighted by molar-refractivity contribution is 8.27. The van der Waals surface area contributed by atoms with Crippen molar-refractivity contribution in [2.75, 3.05) is 4.90 Å². The zero-order valence-electron chi connectivity index (χ0n) is 14.3. The third kappa shape index (κ3) is 4.08. The van der Waals surface area contributed by atoms with Crippen molar-refractivity contribution >= 4 is 92.4 Å². The van der Waals surface area contributed by atoms with E-state index in [1.54, 1.807) is 54.6 Å². The lowest BCUT2D eigenvalue weighted by Crippen LogP contribution is -2.27. The summed E-state index contributed by atoms with van der Waals surface area (Å²) >= 11 is 31.0. The van der Waals surface area contributed by atoms with Gasteiger partial charge >= 0.3 is 0 Å². The van der Waals surface area contributed by atoms with E-state index < -0.39 is 0 Å². The quantitative estimate of drug-likeness (QED) is 0.269. The normalized spacial score (nSPS) is 15.6. The number of thioether (sulfide) groups is 1. The van der Waals surface area contributed by atoms with Gasteiger partial charge in [-0.2, -0.15) is 0 Å². The number of carbonyl (C=O) groups excluding carboxylic acids is 1. The molecule has 0 atom stereocenters. The zero-order valence-corrected chi connectivity index (χ0v) is 18.9. The summed E-state index contributed by atoms with van der Waals surface area (Å²) in [6.07, 6.45) is 1.63. The third-order valence-corrected chi connectivity index (χ3v) is 6.72. The topological polar surface area (TPSA) is 33.5 Å².